The highest BCUT2D eigenvalue weighted by atomic mass is 16.5. The van der Waals surface area contributed by atoms with Gasteiger partial charge in [-0.1, -0.05) is 0 Å². The molecular formula is C22H34N6O. The molecule has 158 valence electrons. The number of nitrogens with zero attached hydrogens (tertiary/aromatic N) is 5. The van der Waals surface area contributed by atoms with E-state index in [4.69, 9.17) is 4.74 Å². The van der Waals surface area contributed by atoms with Crippen molar-refractivity contribution < 1.29 is 4.74 Å². The zero-order chi connectivity index (χ0) is 21.4. The number of pyridine rings is 1. The van der Waals surface area contributed by atoms with Gasteiger partial charge in [0.2, 0.25) is 0 Å². The van der Waals surface area contributed by atoms with Gasteiger partial charge in [0.05, 0.1) is 5.71 Å². The third kappa shape index (κ3) is 7.21. The summed E-state index contributed by atoms with van der Waals surface area (Å²) >= 11 is 0. The highest BCUT2D eigenvalue weighted by Crippen LogP contribution is 2.18. The maximum absolute atomic E-state index is 5.38. The molecule has 1 atom stereocenters. The third-order valence-corrected chi connectivity index (χ3v) is 4.64. The Labute approximate surface area is 175 Å². The molecule has 0 saturated carbocycles. The van der Waals surface area contributed by atoms with Crippen LogP contribution in [0.5, 0.6) is 0 Å². The molecule has 1 aromatic rings. The second-order valence-electron chi connectivity index (χ2n) is 7.51. The van der Waals surface area contributed by atoms with Gasteiger partial charge in [-0.2, -0.15) is 0 Å². The van der Waals surface area contributed by atoms with Crippen LogP contribution in [-0.2, 0) is 4.74 Å². The van der Waals surface area contributed by atoms with Gasteiger partial charge in [0, 0.05) is 46.7 Å². The van der Waals surface area contributed by atoms with Gasteiger partial charge in [0.25, 0.3) is 0 Å². The summed E-state index contributed by atoms with van der Waals surface area (Å²) in [5, 5.41) is 1.94. The molecule has 1 N–H and O–H groups in total. The molecule has 0 spiro atoms. The minimum atomic E-state index is 0.00258. The first-order valence-corrected chi connectivity index (χ1v) is 9.71. The van der Waals surface area contributed by atoms with Gasteiger partial charge in [-0.3, -0.25) is 4.90 Å². The zero-order valence-corrected chi connectivity index (χ0v) is 18.7. The molecule has 1 unspecified atom stereocenters. The predicted octanol–water partition coefficient (Wildman–Crippen LogP) is 2.54. The van der Waals surface area contributed by atoms with Crippen LogP contribution in [0.3, 0.4) is 0 Å². The van der Waals surface area contributed by atoms with Gasteiger partial charge in [-0.25, -0.2) is 15.4 Å². The van der Waals surface area contributed by atoms with Crippen molar-refractivity contribution in [2.75, 3.05) is 55.4 Å². The van der Waals surface area contributed by atoms with E-state index in [-0.39, 0.29) is 6.23 Å². The van der Waals surface area contributed by atoms with E-state index in [9.17, 15) is 0 Å². The number of nitrogens with one attached hydrogen (secondary N) is 1. The molecule has 0 bridgehead atoms. The molecule has 0 aromatic carbocycles. The quantitative estimate of drug-likeness (QED) is 0.537. The lowest BCUT2D eigenvalue weighted by molar-refractivity contribution is 0.0257. The lowest BCUT2D eigenvalue weighted by Gasteiger charge is -2.27. The van der Waals surface area contributed by atoms with Crippen molar-refractivity contribution in [3.8, 4) is 0 Å². The number of methoxy groups -OCH3 is 1. The van der Waals surface area contributed by atoms with E-state index in [2.05, 4.69) is 64.6 Å². The standard InChI is InChI=1S/C22H34N6O/c1-17(14-28(6)23-2)19(15-26(3)4)12-18-8-10-21(24-13-18)25-20-9-11-22(29-7)27(5)16-20/h8-14,22-23H,15-16H2,1-7H3/b17-14?,19-12+,25-20?. The molecule has 2 heterocycles. The number of hydrogen-bond donors (Lipinski definition) is 1. The number of likely N-dealkylation sites (N-methyl/N-ethyl adjacent to an activating group) is 2. The monoisotopic (exact) mass is 398 g/mol. The summed E-state index contributed by atoms with van der Waals surface area (Å²) in [6.07, 6.45) is 10.1. The van der Waals surface area contributed by atoms with Gasteiger partial charge in [-0.15, -0.1) is 0 Å². The molecule has 7 heteroatoms. The number of ether oxygens (including phenoxy) is 1. The normalized spacial score (nSPS) is 20.0. The third-order valence-electron chi connectivity index (χ3n) is 4.64. The Kier molecular flexibility index (Phi) is 8.72. The van der Waals surface area contributed by atoms with Gasteiger partial charge >= 0.3 is 0 Å². The molecule has 29 heavy (non-hydrogen) atoms. The highest BCUT2D eigenvalue weighted by Gasteiger charge is 2.16. The molecule has 1 aliphatic heterocycles. The smallest absolute Gasteiger partial charge is 0.152 e. The molecule has 7 nitrogen and oxygen atoms in total. The first-order valence-electron chi connectivity index (χ1n) is 9.71. The number of rotatable bonds is 8. The maximum Gasteiger partial charge on any atom is 0.152 e. The molecule has 0 aliphatic carbocycles. The van der Waals surface area contributed by atoms with Crippen molar-refractivity contribution in [2.24, 2.45) is 4.99 Å². The molecule has 0 radical (unpaired) electrons. The predicted molar refractivity (Wildman–Crippen MR) is 121 cm³/mol. The van der Waals surface area contributed by atoms with E-state index in [1.807, 2.05) is 50.6 Å². The summed E-state index contributed by atoms with van der Waals surface area (Å²) in [7, 11) is 11.8. The molecule has 0 fully saturated rings. The largest absolute Gasteiger partial charge is 0.363 e. The van der Waals surface area contributed by atoms with Crippen LogP contribution in [0.2, 0.25) is 0 Å². The number of aliphatic imine (C=N–C) groups is 1. The summed E-state index contributed by atoms with van der Waals surface area (Å²) in [6, 6.07) is 4.02. The fraction of sp³-hybridized carbons (Fsp3) is 0.455. The number of hydrazine groups is 1. The maximum atomic E-state index is 5.38. The fourth-order valence-electron chi connectivity index (χ4n) is 3.03. The lowest BCUT2D eigenvalue weighted by atomic mass is 10.1. The summed E-state index contributed by atoms with van der Waals surface area (Å²) in [5.41, 5.74) is 7.56. The van der Waals surface area contributed by atoms with E-state index in [0.29, 0.717) is 5.82 Å². The van der Waals surface area contributed by atoms with Gasteiger partial charge < -0.3 is 14.6 Å². The van der Waals surface area contributed by atoms with Crippen LogP contribution < -0.4 is 5.43 Å². The second kappa shape index (κ2) is 11.0. The highest BCUT2D eigenvalue weighted by molar-refractivity contribution is 5.98. The van der Waals surface area contributed by atoms with Crippen molar-refractivity contribution in [1.82, 2.24) is 25.2 Å². The van der Waals surface area contributed by atoms with E-state index < -0.39 is 0 Å². The number of aromatic nitrogens is 1. The first kappa shape index (κ1) is 23.0. The minimum Gasteiger partial charge on any atom is -0.363 e. The zero-order valence-electron chi connectivity index (χ0n) is 18.7. The van der Waals surface area contributed by atoms with Crippen LogP contribution >= 0.6 is 0 Å². The molecule has 1 aromatic heterocycles. The molecular weight excluding hydrogens is 364 g/mol. The van der Waals surface area contributed by atoms with Crippen molar-refractivity contribution >= 4 is 17.6 Å². The Hall–Kier alpha value is -2.32. The van der Waals surface area contributed by atoms with Crippen molar-refractivity contribution in [3.05, 3.63) is 53.4 Å². The van der Waals surface area contributed by atoms with Gasteiger partial charge in [0.1, 0.15) is 6.23 Å². The van der Waals surface area contributed by atoms with Crippen LogP contribution in [0.15, 0.2) is 52.8 Å². The van der Waals surface area contributed by atoms with Crippen LogP contribution in [0.1, 0.15) is 12.5 Å². The average Bonchev–Trinajstić information content (AvgIpc) is 2.68. The van der Waals surface area contributed by atoms with Crippen molar-refractivity contribution in [2.45, 2.75) is 13.2 Å². The average molecular weight is 399 g/mol. The summed E-state index contributed by atoms with van der Waals surface area (Å²) in [5.74, 6) is 0.711. The van der Waals surface area contributed by atoms with Gasteiger partial charge in [0.15, 0.2) is 5.82 Å². The molecule has 1 aliphatic rings. The van der Waals surface area contributed by atoms with Crippen molar-refractivity contribution in [1.29, 1.82) is 0 Å². The molecule has 0 saturated heterocycles. The fourth-order valence-corrected chi connectivity index (χ4v) is 3.03. The van der Waals surface area contributed by atoms with Crippen molar-refractivity contribution in [3.63, 3.8) is 0 Å². The van der Waals surface area contributed by atoms with Crippen LogP contribution in [0.4, 0.5) is 5.82 Å². The Morgan fingerprint density at radius 2 is 2.14 bits per heavy atom. The number of hydrogen-bond acceptors (Lipinski definition) is 7. The molecule has 2 rings (SSSR count). The van der Waals surface area contributed by atoms with Crippen LogP contribution in [-0.4, -0.2) is 87.2 Å². The SMILES string of the molecule is CNN(C)C=C(C)/C(=C/c1ccc(N=C2C=CC(OC)N(C)C2)nc1)CN(C)C. The summed E-state index contributed by atoms with van der Waals surface area (Å²) in [6.45, 7) is 3.70. The second-order valence-corrected chi connectivity index (χ2v) is 7.51. The van der Waals surface area contributed by atoms with E-state index >= 15 is 0 Å². The van der Waals surface area contributed by atoms with Crippen LogP contribution in [0, 0.1) is 0 Å². The Morgan fingerprint density at radius 1 is 1.38 bits per heavy atom. The van der Waals surface area contributed by atoms with E-state index in [0.717, 1.165) is 24.4 Å². The van der Waals surface area contributed by atoms with E-state index in [1.165, 1.54) is 11.1 Å². The Morgan fingerprint density at radius 3 is 2.69 bits per heavy atom. The Bertz CT molecular complexity index is 779. The summed E-state index contributed by atoms with van der Waals surface area (Å²) < 4.78 is 5.38. The first-order chi connectivity index (χ1) is 13.8. The molecule has 0 amide bonds. The lowest BCUT2D eigenvalue weighted by Crippen LogP contribution is -2.38. The minimum absolute atomic E-state index is 0.00258. The van der Waals surface area contributed by atoms with Gasteiger partial charge in [-0.05, 0) is 75.1 Å². The topological polar surface area (TPSA) is 56.2 Å². The van der Waals surface area contributed by atoms with Crippen LogP contribution in [0.25, 0.3) is 6.08 Å². The summed E-state index contributed by atoms with van der Waals surface area (Å²) in [4.78, 5) is 13.5. The van der Waals surface area contributed by atoms with E-state index in [1.54, 1.807) is 7.11 Å². The Balaban J connectivity index is 2.20.